The average molecular weight is 300 g/mol. The standard InChI is InChI=1S/C16H20N4O2/c1-11-10-20(8-7-17-11)16(21)14-9-18-19-15(14)12-3-5-13(22-2)6-4-12/h3-6,9,11,17H,7-8,10H2,1-2H3,(H,18,19). The van der Waals surface area contributed by atoms with Crippen molar-refractivity contribution in [1.29, 1.82) is 0 Å². The SMILES string of the molecule is COc1ccc(-c2[nH]ncc2C(=O)N2CCNC(C)C2)cc1. The Hall–Kier alpha value is -2.34. The number of ether oxygens (including phenoxy) is 1. The molecule has 22 heavy (non-hydrogen) atoms. The number of carbonyl (C=O) groups excluding carboxylic acids is 1. The van der Waals surface area contributed by atoms with Crippen molar-refractivity contribution >= 4 is 5.91 Å². The monoisotopic (exact) mass is 300 g/mol. The molecule has 0 aliphatic carbocycles. The van der Waals surface area contributed by atoms with Gasteiger partial charge in [0.15, 0.2) is 0 Å². The molecule has 6 nitrogen and oxygen atoms in total. The van der Waals surface area contributed by atoms with Crippen molar-refractivity contribution in [3.8, 4) is 17.0 Å². The Kier molecular flexibility index (Phi) is 4.11. The van der Waals surface area contributed by atoms with E-state index in [1.165, 1.54) is 0 Å². The van der Waals surface area contributed by atoms with Crippen molar-refractivity contribution in [3.63, 3.8) is 0 Å². The fourth-order valence-electron chi connectivity index (χ4n) is 2.71. The second-order valence-electron chi connectivity index (χ2n) is 5.49. The molecule has 1 atom stereocenters. The summed E-state index contributed by atoms with van der Waals surface area (Å²) >= 11 is 0. The van der Waals surface area contributed by atoms with Gasteiger partial charge in [-0.25, -0.2) is 0 Å². The highest BCUT2D eigenvalue weighted by Crippen LogP contribution is 2.24. The number of hydrogen-bond acceptors (Lipinski definition) is 4. The Balaban J connectivity index is 1.86. The van der Waals surface area contributed by atoms with Gasteiger partial charge >= 0.3 is 0 Å². The molecule has 0 radical (unpaired) electrons. The van der Waals surface area contributed by atoms with E-state index in [9.17, 15) is 4.79 Å². The zero-order valence-corrected chi connectivity index (χ0v) is 12.8. The zero-order chi connectivity index (χ0) is 15.5. The summed E-state index contributed by atoms with van der Waals surface area (Å²) in [4.78, 5) is 14.6. The number of piperazine rings is 1. The molecule has 3 rings (SSSR count). The molecule has 0 bridgehead atoms. The van der Waals surface area contributed by atoms with Crippen molar-refractivity contribution < 1.29 is 9.53 Å². The molecule has 1 fully saturated rings. The molecule has 0 saturated carbocycles. The first-order chi connectivity index (χ1) is 10.7. The summed E-state index contributed by atoms with van der Waals surface area (Å²) in [6.07, 6.45) is 1.61. The van der Waals surface area contributed by atoms with Crippen LogP contribution in [0.5, 0.6) is 5.75 Å². The Morgan fingerprint density at radius 1 is 1.36 bits per heavy atom. The molecule has 2 heterocycles. The number of nitrogens with zero attached hydrogens (tertiary/aromatic N) is 2. The molecule has 1 amide bonds. The van der Waals surface area contributed by atoms with E-state index in [2.05, 4.69) is 22.4 Å². The van der Waals surface area contributed by atoms with Gasteiger partial charge in [0.25, 0.3) is 5.91 Å². The van der Waals surface area contributed by atoms with Gasteiger partial charge in [-0.2, -0.15) is 5.10 Å². The van der Waals surface area contributed by atoms with Crippen molar-refractivity contribution in [2.45, 2.75) is 13.0 Å². The average Bonchev–Trinajstić information content (AvgIpc) is 3.04. The van der Waals surface area contributed by atoms with E-state index in [1.54, 1.807) is 13.3 Å². The molecular weight excluding hydrogens is 280 g/mol. The van der Waals surface area contributed by atoms with Crippen LogP contribution in [0.15, 0.2) is 30.5 Å². The van der Waals surface area contributed by atoms with E-state index in [0.29, 0.717) is 18.2 Å². The Morgan fingerprint density at radius 3 is 2.82 bits per heavy atom. The molecule has 1 aromatic carbocycles. The van der Waals surface area contributed by atoms with E-state index in [0.717, 1.165) is 30.1 Å². The lowest BCUT2D eigenvalue weighted by Gasteiger charge is -2.31. The molecule has 1 aliphatic heterocycles. The predicted octanol–water partition coefficient (Wildman–Crippen LogP) is 1.52. The quantitative estimate of drug-likeness (QED) is 0.901. The van der Waals surface area contributed by atoms with E-state index in [4.69, 9.17) is 4.74 Å². The molecular formula is C16H20N4O2. The molecule has 2 aromatic rings. The minimum absolute atomic E-state index is 0.0212. The maximum absolute atomic E-state index is 12.7. The number of H-pyrrole nitrogens is 1. The summed E-state index contributed by atoms with van der Waals surface area (Å²) in [6, 6.07) is 7.90. The lowest BCUT2D eigenvalue weighted by atomic mass is 10.1. The first-order valence-electron chi connectivity index (χ1n) is 7.39. The number of aromatic nitrogens is 2. The van der Waals surface area contributed by atoms with Crippen LogP contribution in [-0.2, 0) is 0 Å². The van der Waals surface area contributed by atoms with E-state index < -0.39 is 0 Å². The lowest BCUT2D eigenvalue weighted by molar-refractivity contribution is 0.0710. The Labute approximate surface area is 129 Å². The smallest absolute Gasteiger partial charge is 0.257 e. The Bertz CT molecular complexity index is 650. The van der Waals surface area contributed by atoms with Crippen molar-refractivity contribution in [2.75, 3.05) is 26.7 Å². The number of amides is 1. The Morgan fingerprint density at radius 2 is 2.14 bits per heavy atom. The number of nitrogens with one attached hydrogen (secondary N) is 2. The highest BCUT2D eigenvalue weighted by Gasteiger charge is 2.25. The van der Waals surface area contributed by atoms with Crippen LogP contribution in [0, 0.1) is 0 Å². The van der Waals surface area contributed by atoms with Crippen LogP contribution in [0.3, 0.4) is 0 Å². The number of aromatic amines is 1. The summed E-state index contributed by atoms with van der Waals surface area (Å²) in [7, 11) is 1.63. The molecule has 1 saturated heterocycles. The third-order valence-electron chi connectivity index (χ3n) is 3.90. The number of rotatable bonds is 3. The second-order valence-corrected chi connectivity index (χ2v) is 5.49. The number of benzene rings is 1. The molecule has 1 unspecified atom stereocenters. The van der Waals surface area contributed by atoms with Gasteiger partial charge in [-0.15, -0.1) is 0 Å². The first-order valence-corrected chi connectivity index (χ1v) is 7.39. The van der Waals surface area contributed by atoms with Crippen LogP contribution in [0.4, 0.5) is 0 Å². The summed E-state index contributed by atoms with van der Waals surface area (Å²) in [5, 5.41) is 10.3. The third-order valence-corrected chi connectivity index (χ3v) is 3.90. The van der Waals surface area contributed by atoms with Crippen molar-refractivity contribution in [2.24, 2.45) is 0 Å². The summed E-state index contributed by atoms with van der Waals surface area (Å²) in [5.74, 6) is 0.806. The fraction of sp³-hybridized carbons (Fsp3) is 0.375. The van der Waals surface area contributed by atoms with Crippen LogP contribution in [0.1, 0.15) is 17.3 Å². The maximum Gasteiger partial charge on any atom is 0.257 e. The number of carbonyl (C=O) groups is 1. The normalized spacial score (nSPS) is 18.3. The van der Waals surface area contributed by atoms with Gasteiger partial charge in [-0.05, 0) is 31.2 Å². The van der Waals surface area contributed by atoms with Gasteiger partial charge in [-0.3, -0.25) is 9.89 Å². The molecule has 1 aliphatic rings. The van der Waals surface area contributed by atoms with Gasteiger partial charge in [0.05, 0.1) is 24.6 Å². The van der Waals surface area contributed by atoms with Gasteiger partial charge < -0.3 is 15.0 Å². The van der Waals surface area contributed by atoms with Crippen LogP contribution < -0.4 is 10.1 Å². The molecule has 116 valence electrons. The van der Waals surface area contributed by atoms with Crippen molar-refractivity contribution in [1.82, 2.24) is 20.4 Å². The zero-order valence-electron chi connectivity index (χ0n) is 12.8. The van der Waals surface area contributed by atoms with Crippen LogP contribution in [0.2, 0.25) is 0 Å². The van der Waals surface area contributed by atoms with Gasteiger partial charge in [0.1, 0.15) is 5.75 Å². The van der Waals surface area contributed by atoms with Crippen molar-refractivity contribution in [3.05, 3.63) is 36.0 Å². The lowest BCUT2D eigenvalue weighted by Crippen LogP contribution is -2.51. The largest absolute Gasteiger partial charge is 0.497 e. The first kappa shape index (κ1) is 14.6. The van der Waals surface area contributed by atoms with Crippen LogP contribution in [0.25, 0.3) is 11.3 Å². The van der Waals surface area contributed by atoms with Gasteiger partial charge in [0, 0.05) is 31.2 Å². The third kappa shape index (κ3) is 2.82. The van der Waals surface area contributed by atoms with E-state index in [-0.39, 0.29) is 5.91 Å². The minimum atomic E-state index is 0.0212. The summed E-state index contributed by atoms with van der Waals surface area (Å²) in [6.45, 7) is 4.34. The van der Waals surface area contributed by atoms with Crippen LogP contribution >= 0.6 is 0 Å². The summed E-state index contributed by atoms with van der Waals surface area (Å²) in [5.41, 5.74) is 2.28. The number of methoxy groups -OCH3 is 1. The van der Waals surface area contributed by atoms with Gasteiger partial charge in [-0.1, -0.05) is 0 Å². The topological polar surface area (TPSA) is 70.2 Å². The van der Waals surface area contributed by atoms with Gasteiger partial charge in [0.2, 0.25) is 0 Å². The highest BCUT2D eigenvalue weighted by atomic mass is 16.5. The predicted molar refractivity (Wildman–Crippen MR) is 83.9 cm³/mol. The molecule has 0 spiro atoms. The van der Waals surface area contributed by atoms with E-state index >= 15 is 0 Å². The minimum Gasteiger partial charge on any atom is -0.497 e. The maximum atomic E-state index is 12.7. The second kappa shape index (κ2) is 6.19. The van der Waals surface area contributed by atoms with Crippen LogP contribution in [-0.4, -0.2) is 53.8 Å². The molecule has 6 heteroatoms. The summed E-state index contributed by atoms with van der Waals surface area (Å²) < 4.78 is 5.16. The van der Waals surface area contributed by atoms with E-state index in [1.807, 2.05) is 29.2 Å². The molecule has 2 N–H and O–H groups in total. The fourth-order valence-corrected chi connectivity index (χ4v) is 2.71. The highest BCUT2D eigenvalue weighted by molar-refractivity contribution is 5.99. The number of hydrogen-bond donors (Lipinski definition) is 2. The molecule has 1 aromatic heterocycles.